The zero-order valence-electron chi connectivity index (χ0n) is 17.0. The standard InChI is InChI=1S/C26H19NO4/c1-27(2)21-9-5-6-15-10-12-20-24(23(15)21)30-22-14-16(28)11-13-19(22)26(20)18-8-4-3-7-17(18)25(29)31-26/h3-14,28H,1-2H3. The van der Waals surface area contributed by atoms with Gasteiger partial charge in [0.2, 0.25) is 0 Å². The van der Waals surface area contributed by atoms with Gasteiger partial charge in [0.25, 0.3) is 0 Å². The van der Waals surface area contributed by atoms with E-state index in [1.165, 1.54) is 0 Å². The van der Waals surface area contributed by atoms with Gasteiger partial charge < -0.3 is 19.5 Å². The number of esters is 1. The van der Waals surface area contributed by atoms with Crippen molar-refractivity contribution >= 4 is 22.4 Å². The molecule has 1 spiro atoms. The van der Waals surface area contributed by atoms with E-state index in [9.17, 15) is 9.90 Å². The summed E-state index contributed by atoms with van der Waals surface area (Å²) in [6.07, 6.45) is 0. The predicted molar refractivity (Wildman–Crippen MR) is 118 cm³/mol. The molecule has 2 heterocycles. The Morgan fingerprint density at radius 3 is 2.52 bits per heavy atom. The maximum Gasteiger partial charge on any atom is 0.340 e. The van der Waals surface area contributed by atoms with Crippen LogP contribution in [0, 0.1) is 0 Å². The molecule has 1 atom stereocenters. The van der Waals surface area contributed by atoms with Crippen LogP contribution in [0.2, 0.25) is 0 Å². The normalized spacial score (nSPS) is 18.2. The molecule has 0 saturated heterocycles. The van der Waals surface area contributed by atoms with E-state index in [0.29, 0.717) is 22.6 Å². The molecule has 2 aliphatic heterocycles. The first-order valence-electron chi connectivity index (χ1n) is 10.1. The van der Waals surface area contributed by atoms with Gasteiger partial charge in [-0.25, -0.2) is 4.79 Å². The number of hydrogen-bond acceptors (Lipinski definition) is 5. The maximum absolute atomic E-state index is 12.9. The number of phenols is 1. The van der Waals surface area contributed by atoms with Crippen LogP contribution >= 0.6 is 0 Å². The van der Waals surface area contributed by atoms with Crippen molar-refractivity contribution in [3.63, 3.8) is 0 Å². The lowest BCUT2D eigenvalue weighted by molar-refractivity contribution is 0.0225. The summed E-state index contributed by atoms with van der Waals surface area (Å²) < 4.78 is 12.6. The zero-order valence-corrected chi connectivity index (χ0v) is 17.0. The highest BCUT2D eigenvalue weighted by Gasteiger charge is 2.53. The van der Waals surface area contributed by atoms with Crippen LogP contribution in [-0.2, 0) is 10.3 Å². The quantitative estimate of drug-likeness (QED) is 0.439. The van der Waals surface area contributed by atoms with Crippen molar-refractivity contribution in [1.29, 1.82) is 0 Å². The summed E-state index contributed by atoms with van der Waals surface area (Å²) >= 11 is 0. The fourth-order valence-corrected chi connectivity index (χ4v) is 4.84. The molecule has 0 bridgehead atoms. The number of anilines is 1. The van der Waals surface area contributed by atoms with Gasteiger partial charge in [-0.3, -0.25) is 0 Å². The molecule has 152 valence electrons. The smallest absolute Gasteiger partial charge is 0.340 e. The predicted octanol–water partition coefficient (Wildman–Crippen LogP) is 5.18. The van der Waals surface area contributed by atoms with Crippen LogP contribution in [-0.4, -0.2) is 25.2 Å². The molecule has 5 nitrogen and oxygen atoms in total. The van der Waals surface area contributed by atoms with E-state index in [0.717, 1.165) is 27.6 Å². The summed E-state index contributed by atoms with van der Waals surface area (Å²) in [4.78, 5) is 15.0. The molecule has 5 heteroatoms. The van der Waals surface area contributed by atoms with Gasteiger partial charge in [-0.05, 0) is 35.7 Å². The molecule has 0 aliphatic carbocycles. The summed E-state index contributed by atoms with van der Waals surface area (Å²) in [6.45, 7) is 0. The molecule has 4 aromatic carbocycles. The van der Waals surface area contributed by atoms with Crippen molar-refractivity contribution in [3.05, 3.63) is 95.1 Å². The highest BCUT2D eigenvalue weighted by atomic mass is 16.6. The van der Waals surface area contributed by atoms with Crippen molar-refractivity contribution in [2.24, 2.45) is 0 Å². The average Bonchev–Trinajstić information content (AvgIpc) is 3.06. The molecule has 0 saturated carbocycles. The average molecular weight is 409 g/mol. The second kappa shape index (κ2) is 6.01. The molecular formula is C26H19NO4. The summed E-state index contributed by atoms with van der Waals surface area (Å²) in [5.41, 5.74) is 2.63. The first kappa shape index (κ1) is 17.8. The van der Waals surface area contributed by atoms with Crippen molar-refractivity contribution in [2.45, 2.75) is 5.60 Å². The lowest BCUT2D eigenvalue weighted by Gasteiger charge is -2.37. The molecule has 0 radical (unpaired) electrons. The second-order valence-corrected chi connectivity index (χ2v) is 8.11. The topological polar surface area (TPSA) is 59.0 Å². The van der Waals surface area contributed by atoms with E-state index in [4.69, 9.17) is 9.47 Å². The fraction of sp³-hybridized carbons (Fsp3) is 0.115. The molecule has 1 unspecified atom stereocenters. The number of benzene rings is 4. The Hall–Kier alpha value is -3.99. The zero-order chi connectivity index (χ0) is 21.3. The third kappa shape index (κ3) is 2.23. The van der Waals surface area contributed by atoms with Gasteiger partial charge in [0.05, 0.1) is 5.56 Å². The molecule has 2 aliphatic rings. The summed E-state index contributed by atoms with van der Waals surface area (Å²) in [5, 5.41) is 12.1. The van der Waals surface area contributed by atoms with Gasteiger partial charge in [-0.2, -0.15) is 0 Å². The number of nitrogens with zero attached hydrogens (tertiary/aromatic N) is 1. The maximum atomic E-state index is 12.9. The third-order valence-corrected chi connectivity index (χ3v) is 6.17. The molecule has 31 heavy (non-hydrogen) atoms. The van der Waals surface area contributed by atoms with Gasteiger partial charge in [-0.1, -0.05) is 36.4 Å². The first-order chi connectivity index (χ1) is 15.0. The van der Waals surface area contributed by atoms with E-state index in [-0.39, 0.29) is 11.7 Å². The number of phenolic OH excluding ortho intramolecular Hbond substituents is 1. The molecule has 4 aromatic rings. The molecule has 6 rings (SSSR count). The van der Waals surface area contributed by atoms with Crippen LogP contribution in [0.25, 0.3) is 10.8 Å². The van der Waals surface area contributed by atoms with Crippen molar-refractivity contribution < 1.29 is 19.4 Å². The first-order valence-corrected chi connectivity index (χ1v) is 10.1. The Morgan fingerprint density at radius 2 is 1.68 bits per heavy atom. The lowest BCUT2D eigenvalue weighted by atomic mass is 9.77. The minimum absolute atomic E-state index is 0.0861. The Morgan fingerprint density at radius 1 is 0.871 bits per heavy atom. The van der Waals surface area contributed by atoms with Gasteiger partial charge >= 0.3 is 5.97 Å². The van der Waals surface area contributed by atoms with E-state index >= 15 is 0 Å². The summed E-state index contributed by atoms with van der Waals surface area (Å²) in [7, 11) is 3.97. The van der Waals surface area contributed by atoms with Gasteiger partial charge in [-0.15, -0.1) is 0 Å². The molecule has 0 aromatic heterocycles. The SMILES string of the molecule is CN(C)c1cccc2ccc3c(c12)Oc1cc(O)ccc1C31OC(=O)c2ccccc21. The summed E-state index contributed by atoms with van der Waals surface area (Å²) in [5.74, 6) is 0.814. The number of fused-ring (bicyclic) bond motifs is 8. The highest BCUT2D eigenvalue weighted by Crippen LogP contribution is 2.58. The van der Waals surface area contributed by atoms with Crippen LogP contribution in [0.4, 0.5) is 5.69 Å². The fourth-order valence-electron chi connectivity index (χ4n) is 4.84. The number of ether oxygens (including phenoxy) is 2. The van der Waals surface area contributed by atoms with E-state index in [2.05, 4.69) is 0 Å². The Balaban J connectivity index is 1.79. The molecule has 0 fully saturated rings. The number of hydrogen-bond donors (Lipinski definition) is 1. The summed E-state index contributed by atoms with van der Waals surface area (Å²) in [6, 6.07) is 22.5. The van der Waals surface area contributed by atoms with Crippen molar-refractivity contribution in [1.82, 2.24) is 0 Å². The van der Waals surface area contributed by atoms with Crippen molar-refractivity contribution in [2.75, 3.05) is 19.0 Å². The van der Waals surface area contributed by atoms with E-state index in [1.807, 2.05) is 67.5 Å². The number of rotatable bonds is 1. The Kier molecular flexibility index (Phi) is 3.46. The molecule has 0 amide bonds. The van der Waals surface area contributed by atoms with E-state index in [1.54, 1.807) is 24.3 Å². The number of carbonyl (C=O) groups excluding carboxylic acids is 1. The number of carbonyl (C=O) groups is 1. The van der Waals surface area contributed by atoms with E-state index < -0.39 is 5.60 Å². The van der Waals surface area contributed by atoms with Crippen LogP contribution in [0.3, 0.4) is 0 Å². The molecular weight excluding hydrogens is 390 g/mol. The van der Waals surface area contributed by atoms with Gasteiger partial charge in [0.1, 0.15) is 17.2 Å². The lowest BCUT2D eigenvalue weighted by Crippen LogP contribution is -2.33. The van der Waals surface area contributed by atoms with Gasteiger partial charge in [0.15, 0.2) is 5.60 Å². The van der Waals surface area contributed by atoms with Crippen LogP contribution in [0.1, 0.15) is 27.0 Å². The minimum atomic E-state index is -1.14. The van der Waals surface area contributed by atoms with Crippen LogP contribution in [0.5, 0.6) is 17.2 Å². The highest BCUT2D eigenvalue weighted by molar-refractivity contribution is 6.03. The minimum Gasteiger partial charge on any atom is -0.508 e. The van der Waals surface area contributed by atoms with Gasteiger partial charge in [0, 0.05) is 47.9 Å². The van der Waals surface area contributed by atoms with Crippen LogP contribution in [0.15, 0.2) is 72.8 Å². The Bertz CT molecular complexity index is 1410. The van der Waals surface area contributed by atoms with Crippen LogP contribution < -0.4 is 9.64 Å². The largest absolute Gasteiger partial charge is 0.508 e. The Labute approximate surface area is 179 Å². The second-order valence-electron chi connectivity index (χ2n) is 8.11. The monoisotopic (exact) mass is 409 g/mol. The third-order valence-electron chi connectivity index (χ3n) is 6.17. The molecule has 1 N–H and O–H groups in total. The van der Waals surface area contributed by atoms with Crippen molar-refractivity contribution in [3.8, 4) is 17.2 Å². The number of aromatic hydroxyl groups is 1.